The van der Waals surface area contributed by atoms with Crippen molar-refractivity contribution in [2.75, 3.05) is 0 Å². The van der Waals surface area contributed by atoms with E-state index in [0.717, 1.165) is 12.1 Å². The standard InChI is InChI=1S/C12H5F8N/c13-5-1-2-8-6(3-5)7(10(14)12(18,19)20)4-9(21-8)11(15,16)17/h1-4,10H. The monoisotopic (exact) mass is 315 g/mol. The fourth-order valence-corrected chi connectivity index (χ4v) is 1.76. The van der Waals surface area contributed by atoms with Crippen molar-refractivity contribution in [1.29, 1.82) is 0 Å². The molecule has 21 heavy (non-hydrogen) atoms. The topological polar surface area (TPSA) is 12.9 Å². The average molecular weight is 315 g/mol. The molecule has 114 valence electrons. The predicted molar refractivity (Wildman–Crippen MR) is 56.6 cm³/mol. The summed E-state index contributed by atoms with van der Waals surface area (Å²) in [6.45, 7) is 0. The van der Waals surface area contributed by atoms with Crippen LogP contribution in [0.15, 0.2) is 24.3 Å². The van der Waals surface area contributed by atoms with E-state index >= 15 is 0 Å². The predicted octanol–water partition coefficient (Wildman–Crippen LogP) is 4.97. The van der Waals surface area contributed by atoms with Crippen LogP contribution in [0.1, 0.15) is 17.4 Å². The Bertz CT molecular complexity index is 673. The first-order chi connectivity index (χ1) is 9.50. The molecule has 0 aliphatic heterocycles. The molecule has 0 radical (unpaired) electrons. The molecule has 1 aromatic heterocycles. The Kier molecular flexibility index (Phi) is 3.54. The van der Waals surface area contributed by atoms with E-state index in [1.807, 2.05) is 0 Å². The van der Waals surface area contributed by atoms with Crippen molar-refractivity contribution in [2.45, 2.75) is 18.5 Å². The van der Waals surface area contributed by atoms with Gasteiger partial charge in [-0.3, -0.25) is 0 Å². The van der Waals surface area contributed by atoms with Crippen molar-refractivity contribution in [1.82, 2.24) is 4.98 Å². The van der Waals surface area contributed by atoms with Crippen molar-refractivity contribution in [3.05, 3.63) is 41.3 Å². The van der Waals surface area contributed by atoms with Gasteiger partial charge in [0.2, 0.25) is 6.17 Å². The van der Waals surface area contributed by atoms with Crippen molar-refractivity contribution in [3.8, 4) is 0 Å². The number of aromatic nitrogens is 1. The number of hydrogen-bond acceptors (Lipinski definition) is 1. The Morgan fingerprint density at radius 2 is 1.57 bits per heavy atom. The van der Waals surface area contributed by atoms with Crippen LogP contribution in [-0.4, -0.2) is 11.2 Å². The third-order valence-electron chi connectivity index (χ3n) is 2.65. The van der Waals surface area contributed by atoms with Gasteiger partial charge in [-0.25, -0.2) is 13.8 Å². The lowest BCUT2D eigenvalue weighted by Gasteiger charge is -2.17. The first-order valence-electron chi connectivity index (χ1n) is 5.38. The molecular weight excluding hydrogens is 310 g/mol. The first-order valence-corrected chi connectivity index (χ1v) is 5.38. The fraction of sp³-hybridized carbons (Fsp3) is 0.250. The minimum atomic E-state index is -5.41. The minimum Gasteiger partial charge on any atom is -0.243 e. The SMILES string of the molecule is Fc1ccc2nc(C(F)(F)F)cc(C(F)C(F)(F)F)c2c1. The number of alkyl halides is 7. The van der Waals surface area contributed by atoms with E-state index in [1.165, 1.54) is 0 Å². The summed E-state index contributed by atoms with van der Waals surface area (Å²) < 4.78 is 102. The number of fused-ring (bicyclic) bond motifs is 1. The van der Waals surface area contributed by atoms with Crippen LogP contribution in [0.25, 0.3) is 10.9 Å². The second kappa shape index (κ2) is 4.81. The third-order valence-corrected chi connectivity index (χ3v) is 2.65. The van der Waals surface area contributed by atoms with E-state index in [2.05, 4.69) is 4.98 Å². The average Bonchev–Trinajstić information content (AvgIpc) is 2.34. The highest BCUT2D eigenvalue weighted by molar-refractivity contribution is 5.83. The zero-order valence-corrected chi connectivity index (χ0v) is 9.86. The molecular formula is C12H5F8N. The molecule has 0 saturated heterocycles. The quantitative estimate of drug-likeness (QED) is 0.677. The highest BCUT2D eigenvalue weighted by Gasteiger charge is 2.44. The van der Waals surface area contributed by atoms with Crippen LogP contribution in [-0.2, 0) is 6.18 Å². The lowest BCUT2D eigenvalue weighted by molar-refractivity contribution is -0.182. The van der Waals surface area contributed by atoms with Gasteiger partial charge < -0.3 is 0 Å². The zero-order chi connectivity index (χ0) is 16.0. The van der Waals surface area contributed by atoms with Gasteiger partial charge in [-0.05, 0) is 24.3 Å². The molecule has 0 aliphatic rings. The minimum absolute atomic E-state index is 0.0556. The Morgan fingerprint density at radius 1 is 0.952 bits per heavy atom. The summed E-state index contributed by atoms with van der Waals surface area (Å²) in [5, 5.41) is -0.659. The molecule has 2 aromatic rings. The van der Waals surface area contributed by atoms with E-state index in [1.54, 1.807) is 0 Å². The number of benzene rings is 1. The lowest BCUT2D eigenvalue weighted by Crippen LogP contribution is -2.18. The summed E-state index contributed by atoms with van der Waals surface area (Å²) in [6, 6.07) is 1.93. The molecule has 0 amide bonds. The summed E-state index contributed by atoms with van der Waals surface area (Å²) in [5.74, 6) is -1.01. The van der Waals surface area contributed by atoms with Crippen LogP contribution in [0.3, 0.4) is 0 Å². The van der Waals surface area contributed by atoms with Crippen LogP contribution >= 0.6 is 0 Å². The van der Waals surface area contributed by atoms with Gasteiger partial charge in [0.25, 0.3) is 0 Å². The van der Waals surface area contributed by atoms with Gasteiger partial charge in [0.1, 0.15) is 11.5 Å². The zero-order valence-electron chi connectivity index (χ0n) is 9.86. The van der Waals surface area contributed by atoms with Gasteiger partial charge in [-0.15, -0.1) is 0 Å². The normalized spacial score (nSPS) is 14.5. The smallest absolute Gasteiger partial charge is 0.243 e. The van der Waals surface area contributed by atoms with E-state index in [9.17, 15) is 35.1 Å². The molecule has 0 aliphatic carbocycles. The van der Waals surface area contributed by atoms with E-state index in [-0.39, 0.29) is 6.07 Å². The Hall–Kier alpha value is -1.93. The number of halogens is 8. The largest absolute Gasteiger partial charge is 0.433 e. The van der Waals surface area contributed by atoms with E-state index in [4.69, 9.17) is 0 Å². The van der Waals surface area contributed by atoms with Crippen LogP contribution < -0.4 is 0 Å². The molecule has 0 N–H and O–H groups in total. The second-order valence-corrected chi connectivity index (χ2v) is 4.16. The van der Waals surface area contributed by atoms with Crippen LogP contribution in [0.2, 0.25) is 0 Å². The van der Waals surface area contributed by atoms with Crippen molar-refractivity contribution in [2.24, 2.45) is 0 Å². The number of pyridine rings is 1. The van der Waals surface area contributed by atoms with Crippen molar-refractivity contribution < 1.29 is 35.1 Å². The Morgan fingerprint density at radius 3 is 2.10 bits per heavy atom. The van der Waals surface area contributed by atoms with Crippen LogP contribution in [0.5, 0.6) is 0 Å². The van der Waals surface area contributed by atoms with E-state index in [0.29, 0.717) is 6.07 Å². The molecule has 9 heteroatoms. The highest BCUT2D eigenvalue weighted by atomic mass is 19.4. The lowest BCUT2D eigenvalue weighted by atomic mass is 10.0. The molecule has 0 bridgehead atoms. The molecule has 0 saturated carbocycles. The summed E-state index contributed by atoms with van der Waals surface area (Å²) >= 11 is 0. The molecule has 0 spiro atoms. The molecule has 1 unspecified atom stereocenters. The van der Waals surface area contributed by atoms with Gasteiger partial charge >= 0.3 is 12.4 Å². The molecule has 0 fully saturated rings. The van der Waals surface area contributed by atoms with Crippen LogP contribution in [0, 0.1) is 5.82 Å². The van der Waals surface area contributed by atoms with E-state index < -0.39 is 46.5 Å². The fourth-order valence-electron chi connectivity index (χ4n) is 1.76. The molecule has 2 rings (SSSR count). The maximum absolute atomic E-state index is 13.4. The Balaban J connectivity index is 2.78. The van der Waals surface area contributed by atoms with Gasteiger partial charge in [0, 0.05) is 10.9 Å². The summed E-state index contributed by atoms with van der Waals surface area (Å²) in [5.41, 5.74) is -3.57. The maximum atomic E-state index is 13.4. The maximum Gasteiger partial charge on any atom is 0.433 e. The molecule has 1 heterocycles. The Labute approximate surface area is 112 Å². The highest BCUT2D eigenvalue weighted by Crippen LogP contribution is 2.41. The van der Waals surface area contributed by atoms with Gasteiger partial charge in [-0.2, -0.15) is 26.3 Å². The van der Waals surface area contributed by atoms with Crippen molar-refractivity contribution >= 4 is 10.9 Å². The number of rotatable bonds is 1. The van der Waals surface area contributed by atoms with Crippen molar-refractivity contribution in [3.63, 3.8) is 0 Å². The summed E-state index contributed by atoms with van der Waals surface area (Å²) in [4.78, 5) is 3.09. The van der Waals surface area contributed by atoms with Gasteiger partial charge in [0.05, 0.1) is 5.52 Å². The van der Waals surface area contributed by atoms with Gasteiger partial charge in [-0.1, -0.05) is 0 Å². The molecule has 1 atom stereocenters. The first kappa shape index (κ1) is 15.5. The summed E-state index contributed by atoms with van der Waals surface area (Å²) in [7, 11) is 0. The number of nitrogens with zero attached hydrogens (tertiary/aromatic N) is 1. The molecule has 1 aromatic carbocycles. The third kappa shape index (κ3) is 3.06. The molecule has 1 nitrogen and oxygen atoms in total. The summed E-state index contributed by atoms with van der Waals surface area (Å²) in [6.07, 6.45) is -14.1. The number of hydrogen-bond donors (Lipinski definition) is 0. The second-order valence-electron chi connectivity index (χ2n) is 4.16. The van der Waals surface area contributed by atoms with Gasteiger partial charge in [0.15, 0.2) is 0 Å². The van der Waals surface area contributed by atoms with Crippen LogP contribution in [0.4, 0.5) is 35.1 Å².